The quantitative estimate of drug-likeness (QED) is 0.392. The van der Waals surface area contributed by atoms with Crippen molar-refractivity contribution in [2.45, 2.75) is 9.92 Å². The van der Waals surface area contributed by atoms with Crippen LogP contribution in [0.4, 0.5) is 4.39 Å². The Labute approximate surface area is 188 Å². The zero-order valence-electron chi connectivity index (χ0n) is 17.3. The molecule has 164 valence electrons. The minimum absolute atomic E-state index is 0.112. The summed E-state index contributed by atoms with van der Waals surface area (Å²) in [5.41, 5.74) is 2.46. The molecule has 2 aromatic carbocycles. The fourth-order valence-electron chi connectivity index (χ4n) is 3.49. The molecule has 0 aliphatic rings. The van der Waals surface area contributed by atoms with Gasteiger partial charge in [0, 0.05) is 18.0 Å². The first-order valence-electron chi connectivity index (χ1n) is 9.79. The van der Waals surface area contributed by atoms with Gasteiger partial charge in [0.2, 0.25) is 9.84 Å². The Kier molecular flexibility index (Phi) is 5.06. The molecule has 3 aromatic heterocycles. The summed E-state index contributed by atoms with van der Waals surface area (Å²) in [7, 11) is -2.42. The van der Waals surface area contributed by atoms with Gasteiger partial charge in [-0.2, -0.15) is 5.10 Å². The van der Waals surface area contributed by atoms with Crippen LogP contribution in [0.5, 0.6) is 5.75 Å². The van der Waals surface area contributed by atoms with Crippen molar-refractivity contribution < 1.29 is 17.5 Å². The van der Waals surface area contributed by atoms with E-state index in [4.69, 9.17) is 4.74 Å². The van der Waals surface area contributed by atoms with E-state index in [0.717, 1.165) is 0 Å². The molecular weight excluding hydrogens is 445 g/mol. The van der Waals surface area contributed by atoms with Crippen LogP contribution in [0.25, 0.3) is 28.0 Å². The Balaban J connectivity index is 1.65. The second kappa shape index (κ2) is 8.06. The van der Waals surface area contributed by atoms with Gasteiger partial charge in [0.15, 0.2) is 16.6 Å². The standard InChI is InChI=1S/C23H16FN5O3S/c1-32-20-9-7-15(13-17(20)24)23-22(19-14-25-11-12-29(19)28-23)18-8-10-21(27-26-18)33(30,31)16-5-3-2-4-6-16/h2-14H,1H3. The van der Waals surface area contributed by atoms with Gasteiger partial charge >= 0.3 is 0 Å². The number of fused-ring (bicyclic) bond motifs is 1. The normalized spacial score (nSPS) is 11.6. The van der Waals surface area contributed by atoms with Gasteiger partial charge in [-0.15, -0.1) is 10.2 Å². The van der Waals surface area contributed by atoms with E-state index in [2.05, 4.69) is 20.3 Å². The van der Waals surface area contributed by atoms with E-state index < -0.39 is 15.7 Å². The molecule has 0 unspecified atom stereocenters. The second-order valence-electron chi connectivity index (χ2n) is 7.05. The number of nitrogens with zero attached hydrogens (tertiary/aromatic N) is 5. The van der Waals surface area contributed by atoms with E-state index in [1.54, 1.807) is 53.4 Å². The van der Waals surface area contributed by atoms with Crippen molar-refractivity contribution in [3.63, 3.8) is 0 Å². The number of hydrogen-bond donors (Lipinski definition) is 0. The molecule has 0 fully saturated rings. The first-order valence-corrected chi connectivity index (χ1v) is 11.3. The Morgan fingerprint density at radius 3 is 2.52 bits per heavy atom. The highest BCUT2D eigenvalue weighted by Gasteiger charge is 2.23. The maximum absolute atomic E-state index is 14.4. The highest BCUT2D eigenvalue weighted by atomic mass is 32.2. The van der Waals surface area contributed by atoms with Crippen molar-refractivity contribution in [2.75, 3.05) is 7.11 Å². The summed E-state index contributed by atoms with van der Waals surface area (Å²) < 4.78 is 46.7. The van der Waals surface area contributed by atoms with Crippen molar-refractivity contribution in [1.29, 1.82) is 0 Å². The molecule has 0 aliphatic heterocycles. The van der Waals surface area contributed by atoms with E-state index in [-0.39, 0.29) is 15.7 Å². The van der Waals surface area contributed by atoms with Crippen LogP contribution in [0.2, 0.25) is 0 Å². The van der Waals surface area contributed by atoms with Crippen LogP contribution in [0.1, 0.15) is 0 Å². The summed E-state index contributed by atoms with van der Waals surface area (Å²) in [6, 6.07) is 15.5. The first-order chi connectivity index (χ1) is 16.0. The molecular formula is C23H16FN5O3S. The van der Waals surface area contributed by atoms with Gasteiger partial charge in [0.05, 0.1) is 35.0 Å². The maximum atomic E-state index is 14.4. The third-order valence-electron chi connectivity index (χ3n) is 5.09. The van der Waals surface area contributed by atoms with Gasteiger partial charge in [0.1, 0.15) is 5.69 Å². The Hall–Kier alpha value is -4.18. The summed E-state index contributed by atoms with van der Waals surface area (Å²) >= 11 is 0. The largest absolute Gasteiger partial charge is 0.494 e. The summed E-state index contributed by atoms with van der Waals surface area (Å²) in [5.74, 6) is -0.424. The second-order valence-corrected chi connectivity index (χ2v) is 8.95. The molecule has 0 amide bonds. The molecule has 0 saturated carbocycles. The number of sulfone groups is 1. The molecule has 0 atom stereocenters. The molecule has 8 nitrogen and oxygen atoms in total. The van der Waals surface area contributed by atoms with Gasteiger partial charge < -0.3 is 4.74 Å². The average molecular weight is 461 g/mol. The Bertz CT molecular complexity index is 1570. The number of ether oxygens (including phenoxy) is 1. The number of benzene rings is 2. The van der Waals surface area contributed by atoms with Crippen molar-refractivity contribution in [2.24, 2.45) is 0 Å². The summed E-state index contributed by atoms with van der Waals surface area (Å²) in [4.78, 5) is 4.27. The predicted octanol–water partition coefficient (Wildman–Crippen LogP) is 3.83. The number of halogens is 1. The molecule has 0 saturated heterocycles. The van der Waals surface area contributed by atoms with Crippen LogP contribution < -0.4 is 4.74 Å². The van der Waals surface area contributed by atoms with Crippen LogP contribution in [0.3, 0.4) is 0 Å². The fraction of sp³-hybridized carbons (Fsp3) is 0.0435. The van der Waals surface area contributed by atoms with E-state index >= 15 is 0 Å². The minimum atomic E-state index is -3.81. The van der Waals surface area contributed by atoms with Gasteiger partial charge in [0.25, 0.3) is 0 Å². The third-order valence-corrected chi connectivity index (χ3v) is 6.75. The average Bonchev–Trinajstić information content (AvgIpc) is 3.24. The van der Waals surface area contributed by atoms with E-state index in [0.29, 0.717) is 28.0 Å². The number of methoxy groups -OCH3 is 1. The van der Waals surface area contributed by atoms with Crippen molar-refractivity contribution in [1.82, 2.24) is 24.8 Å². The molecule has 0 bridgehead atoms. The molecule has 5 rings (SSSR count). The SMILES string of the molecule is COc1ccc(-c2nn3ccncc3c2-c2ccc(S(=O)(=O)c3ccccc3)nn2)cc1F. The molecule has 0 spiro atoms. The predicted molar refractivity (Wildman–Crippen MR) is 118 cm³/mol. The lowest BCUT2D eigenvalue weighted by atomic mass is 10.0. The smallest absolute Gasteiger partial charge is 0.225 e. The maximum Gasteiger partial charge on any atom is 0.225 e. The van der Waals surface area contributed by atoms with E-state index in [9.17, 15) is 12.8 Å². The Morgan fingerprint density at radius 1 is 1.00 bits per heavy atom. The zero-order valence-corrected chi connectivity index (χ0v) is 18.1. The van der Waals surface area contributed by atoms with Gasteiger partial charge in [-0.05, 0) is 42.5 Å². The number of hydrogen-bond acceptors (Lipinski definition) is 7. The Morgan fingerprint density at radius 2 is 1.82 bits per heavy atom. The van der Waals surface area contributed by atoms with Crippen molar-refractivity contribution >= 4 is 15.4 Å². The van der Waals surface area contributed by atoms with E-state index in [1.165, 1.54) is 37.4 Å². The van der Waals surface area contributed by atoms with Crippen molar-refractivity contribution in [3.05, 3.63) is 85.1 Å². The van der Waals surface area contributed by atoms with Crippen LogP contribution >= 0.6 is 0 Å². The third kappa shape index (κ3) is 3.60. The molecule has 33 heavy (non-hydrogen) atoms. The van der Waals surface area contributed by atoms with E-state index in [1.807, 2.05) is 0 Å². The topological polar surface area (TPSA) is 99.3 Å². The summed E-state index contributed by atoms with van der Waals surface area (Å²) in [6.45, 7) is 0. The highest BCUT2D eigenvalue weighted by molar-refractivity contribution is 7.91. The van der Waals surface area contributed by atoms with Crippen LogP contribution in [0.15, 0.2) is 89.2 Å². The van der Waals surface area contributed by atoms with Gasteiger partial charge in [-0.25, -0.2) is 17.3 Å². The lowest BCUT2D eigenvalue weighted by molar-refractivity contribution is 0.386. The molecule has 0 radical (unpaired) electrons. The monoisotopic (exact) mass is 461 g/mol. The van der Waals surface area contributed by atoms with Gasteiger partial charge in [-0.3, -0.25) is 4.98 Å². The zero-order chi connectivity index (χ0) is 23.0. The van der Waals surface area contributed by atoms with Crippen molar-refractivity contribution in [3.8, 4) is 28.3 Å². The molecule has 0 N–H and O–H groups in total. The van der Waals surface area contributed by atoms with Crippen LogP contribution in [0, 0.1) is 5.82 Å². The number of aromatic nitrogens is 5. The minimum Gasteiger partial charge on any atom is -0.494 e. The molecule has 5 aromatic rings. The fourth-order valence-corrected chi connectivity index (χ4v) is 4.64. The van der Waals surface area contributed by atoms with Gasteiger partial charge in [-0.1, -0.05) is 18.2 Å². The summed E-state index contributed by atoms with van der Waals surface area (Å²) in [5, 5.41) is 12.5. The van der Waals surface area contributed by atoms with Crippen LogP contribution in [-0.4, -0.2) is 40.3 Å². The van der Waals surface area contributed by atoms with Crippen LogP contribution in [-0.2, 0) is 9.84 Å². The number of rotatable bonds is 5. The molecule has 3 heterocycles. The lowest BCUT2D eigenvalue weighted by Crippen LogP contribution is -2.05. The summed E-state index contributed by atoms with van der Waals surface area (Å²) in [6.07, 6.45) is 4.83. The lowest BCUT2D eigenvalue weighted by Gasteiger charge is -2.07. The molecule has 0 aliphatic carbocycles. The highest BCUT2D eigenvalue weighted by Crippen LogP contribution is 2.35. The molecule has 10 heteroatoms. The first kappa shape index (κ1) is 20.7.